The van der Waals surface area contributed by atoms with E-state index in [0.29, 0.717) is 24.6 Å². The van der Waals surface area contributed by atoms with Gasteiger partial charge in [-0.2, -0.15) is 4.98 Å². The normalized spacial score (nSPS) is 10.8. The Morgan fingerprint density at radius 3 is 2.06 bits per heavy atom. The molecule has 0 aliphatic carbocycles. The Bertz CT molecular complexity index is 1110. The molecular weight excluding hydrogens is 400 g/mol. The topological polar surface area (TPSA) is 90.0 Å². The van der Waals surface area contributed by atoms with Crippen molar-refractivity contribution in [3.05, 3.63) is 90.5 Å². The zero-order valence-corrected chi connectivity index (χ0v) is 18.2. The quantitative estimate of drug-likeness (QED) is 0.443. The fraction of sp³-hybridized carbons (Fsp3) is 0.200. The van der Waals surface area contributed by atoms with Crippen molar-refractivity contribution in [2.75, 3.05) is 10.6 Å². The van der Waals surface area contributed by atoms with Crippen molar-refractivity contribution in [2.45, 2.75) is 33.0 Å². The number of nitrogens with two attached hydrogens (primary N) is 1. The van der Waals surface area contributed by atoms with Crippen LogP contribution in [-0.4, -0.2) is 26.0 Å². The lowest BCUT2D eigenvalue weighted by atomic mass is 10.1. The highest BCUT2D eigenvalue weighted by atomic mass is 16.5. The third-order valence-electron chi connectivity index (χ3n) is 4.74. The van der Waals surface area contributed by atoms with Crippen LogP contribution in [0.3, 0.4) is 0 Å². The number of nitrogen functional groups attached to an aromatic ring is 1. The van der Waals surface area contributed by atoms with Crippen molar-refractivity contribution in [1.29, 1.82) is 0 Å². The molecule has 0 atom stereocenters. The number of anilines is 2. The van der Waals surface area contributed by atoms with Gasteiger partial charge in [-0.1, -0.05) is 24.3 Å². The Balaban J connectivity index is 1.74. The lowest BCUT2D eigenvalue weighted by Crippen LogP contribution is -2.25. The molecule has 7 nitrogen and oxygen atoms in total. The van der Waals surface area contributed by atoms with E-state index < -0.39 is 0 Å². The standard InChI is InChI=1S/C25H26N6O/c1-18(2)32-23-12-4-3-11-21(23)22-15-24(30-25(26)29-22)31(16-19-9-5-7-13-27-19)17-20-10-6-8-14-28-20/h3-15,18H,16-17H2,1-2H3,(H2,26,29,30). The molecule has 1 aromatic carbocycles. The third kappa shape index (κ3) is 5.37. The van der Waals surface area contributed by atoms with Crippen LogP contribution < -0.4 is 15.4 Å². The minimum absolute atomic E-state index is 0.0413. The maximum Gasteiger partial charge on any atom is 0.222 e. The number of nitrogens with zero attached hydrogens (tertiary/aromatic N) is 5. The highest BCUT2D eigenvalue weighted by molar-refractivity contribution is 5.70. The number of hydrogen-bond acceptors (Lipinski definition) is 7. The van der Waals surface area contributed by atoms with E-state index in [9.17, 15) is 0 Å². The van der Waals surface area contributed by atoms with Crippen LogP contribution in [-0.2, 0) is 13.1 Å². The molecule has 0 aliphatic heterocycles. The maximum atomic E-state index is 6.15. The largest absolute Gasteiger partial charge is 0.490 e. The summed E-state index contributed by atoms with van der Waals surface area (Å²) in [6.45, 7) is 5.10. The fourth-order valence-electron chi connectivity index (χ4n) is 3.38. The van der Waals surface area contributed by atoms with Crippen molar-refractivity contribution < 1.29 is 4.74 Å². The Kier molecular flexibility index (Phi) is 6.55. The second-order valence-corrected chi connectivity index (χ2v) is 7.63. The lowest BCUT2D eigenvalue weighted by molar-refractivity contribution is 0.243. The van der Waals surface area contributed by atoms with Gasteiger partial charge in [0.15, 0.2) is 0 Å². The van der Waals surface area contributed by atoms with Crippen molar-refractivity contribution in [1.82, 2.24) is 19.9 Å². The molecule has 3 aromatic heterocycles. The summed E-state index contributed by atoms with van der Waals surface area (Å²) in [4.78, 5) is 20.1. The molecule has 0 unspecified atom stereocenters. The summed E-state index contributed by atoms with van der Waals surface area (Å²) in [6, 6.07) is 21.5. The number of pyridine rings is 2. The zero-order chi connectivity index (χ0) is 22.3. The first kappa shape index (κ1) is 21.2. The molecule has 7 heteroatoms. The van der Waals surface area contributed by atoms with Crippen LogP contribution in [0, 0.1) is 0 Å². The molecule has 0 fully saturated rings. The molecule has 0 amide bonds. The van der Waals surface area contributed by atoms with Gasteiger partial charge in [-0.05, 0) is 50.2 Å². The minimum Gasteiger partial charge on any atom is -0.490 e. The van der Waals surface area contributed by atoms with Gasteiger partial charge in [0.1, 0.15) is 11.6 Å². The molecule has 4 aromatic rings. The van der Waals surface area contributed by atoms with E-state index >= 15 is 0 Å². The van der Waals surface area contributed by atoms with Gasteiger partial charge in [-0.15, -0.1) is 0 Å². The van der Waals surface area contributed by atoms with Gasteiger partial charge >= 0.3 is 0 Å². The number of para-hydroxylation sites is 1. The Morgan fingerprint density at radius 2 is 1.47 bits per heavy atom. The van der Waals surface area contributed by atoms with Crippen LogP contribution in [0.4, 0.5) is 11.8 Å². The summed E-state index contributed by atoms with van der Waals surface area (Å²) >= 11 is 0. The summed E-state index contributed by atoms with van der Waals surface area (Å²) in [7, 11) is 0. The maximum absolute atomic E-state index is 6.15. The third-order valence-corrected chi connectivity index (χ3v) is 4.74. The summed E-state index contributed by atoms with van der Waals surface area (Å²) < 4.78 is 6.00. The molecule has 0 bridgehead atoms. The van der Waals surface area contributed by atoms with Gasteiger partial charge in [0.2, 0.25) is 5.95 Å². The second-order valence-electron chi connectivity index (χ2n) is 7.63. The smallest absolute Gasteiger partial charge is 0.222 e. The molecule has 2 N–H and O–H groups in total. The van der Waals surface area contributed by atoms with Crippen molar-refractivity contribution in [3.63, 3.8) is 0 Å². The van der Waals surface area contributed by atoms with Gasteiger partial charge in [0.05, 0.1) is 36.3 Å². The lowest BCUT2D eigenvalue weighted by Gasteiger charge is -2.24. The minimum atomic E-state index is 0.0413. The number of hydrogen-bond donors (Lipinski definition) is 1. The molecule has 0 saturated heterocycles. The summed E-state index contributed by atoms with van der Waals surface area (Å²) in [5.41, 5.74) is 9.57. The number of benzene rings is 1. The van der Waals surface area contributed by atoms with E-state index in [1.165, 1.54) is 0 Å². The van der Waals surface area contributed by atoms with Crippen LogP contribution in [0.25, 0.3) is 11.3 Å². The molecule has 162 valence electrons. The van der Waals surface area contributed by atoms with Gasteiger partial charge < -0.3 is 15.4 Å². The van der Waals surface area contributed by atoms with E-state index in [0.717, 1.165) is 22.7 Å². The molecule has 0 aliphatic rings. The van der Waals surface area contributed by atoms with Gasteiger partial charge in [-0.25, -0.2) is 4.98 Å². The molecule has 0 spiro atoms. The Morgan fingerprint density at radius 1 is 0.844 bits per heavy atom. The van der Waals surface area contributed by atoms with Crippen molar-refractivity contribution in [3.8, 4) is 17.0 Å². The SMILES string of the molecule is CC(C)Oc1ccccc1-c1cc(N(Cc2ccccn2)Cc2ccccn2)nc(N)n1. The van der Waals surface area contributed by atoms with E-state index in [1.807, 2.05) is 80.6 Å². The highest BCUT2D eigenvalue weighted by Crippen LogP contribution is 2.32. The molecule has 3 heterocycles. The first-order valence-corrected chi connectivity index (χ1v) is 10.5. The van der Waals surface area contributed by atoms with Gasteiger partial charge in [-0.3, -0.25) is 9.97 Å². The molecule has 32 heavy (non-hydrogen) atoms. The molecular formula is C25H26N6O. The summed E-state index contributed by atoms with van der Waals surface area (Å²) in [5.74, 6) is 1.65. The first-order valence-electron chi connectivity index (χ1n) is 10.5. The summed E-state index contributed by atoms with van der Waals surface area (Å²) in [6.07, 6.45) is 3.61. The predicted octanol–water partition coefficient (Wildman–Crippen LogP) is 4.51. The van der Waals surface area contributed by atoms with Crippen LogP contribution in [0.1, 0.15) is 25.2 Å². The van der Waals surface area contributed by atoms with Crippen molar-refractivity contribution >= 4 is 11.8 Å². The van der Waals surface area contributed by atoms with E-state index in [1.54, 1.807) is 12.4 Å². The van der Waals surface area contributed by atoms with Crippen molar-refractivity contribution in [2.24, 2.45) is 0 Å². The van der Waals surface area contributed by atoms with Crippen LogP contribution in [0.5, 0.6) is 5.75 Å². The van der Waals surface area contributed by atoms with Gasteiger partial charge in [0.25, 0.3) is 0 Å². The van der Waals surface area contributed by atoms with Crippen LogP contribution >= 0.6 is 0 Å². The molecule has 4 rings (SSSR count). The number of ether oxygens (including phenoxy) is 1. The van der Waals surface area contributed by atoms with E-state index in [2.05, 4.69) is 24.8 Å². The monoisotopic (exact) mass is 426 g/mol. The van der Waals surface area contributed by atoms with Crippen LogP contribution in [0.2, 0.25) is 0 Å². The first-order chi connectivity index (χ1) is 15.6. The predicted molar refractivity (Wildman–Crippen MR) is 126 cm³/mol. The zero-order valence-electron chi connectivity index (χ0n) is 18.2. The number of aromatic nitrogens is 4. The van der Waals surface area contributed by atoms with Crippen LogP contribution in [0.15, 0.2) is 79.1 Å². The van der Waals surface area contributed by atoms with Gasteiger partial charge in [0, 0.05) is 24.0 Å². The fourth-order valence-corrected chi connectivity index (χ4v) is 3.38. The molecule has 0 saturated carbocycles. The summed E-state index contributed by atoms with van der Waals surface area (Å²) in [5, 5.41) is 0. The average Bonchev–Trinajstić information content (AvgIpc) is 2.80. The Labute approximate surface area is 188 Å². The Hall–Kier alpha value is -4.00. The highest BCUT2D eigenvalue weighted by Gasteiger charge is 2.16. The average molecular weight is 427 g/mol. The second kappa shape index (κ2) is 9.87. The van der Waals surface area contributed by atoms with E-state index in [4.69, 9.17) is 10.5 Å². The van der Waals surface area contributed by atoms with E-state index in [-0.39, 0.29) is 12.1 Å². The number of rotatable bonds is 8. The molecule has 0 radical (unpaired) electrons.